The summed E-state index contributed by atoms with van der Waals surface area (Å²) in [5.74, 6) is -0.0121. The number of hydrogen-bond acceptors (Lipinski definition) is 3. The van der Waals surface area contributed by atoms with Crippen molar-refractivity contribution >= 4 is 5.91 Å². The van der Waals surface area contributed by atoms with E-state index in [2.05, 4.69) is 10.3 Å². The summed E-state index contributed by atoms with van der Waals surface area (Å²) >= 11 is 0. The summed E-state index contributed by atoms with van der Waals surface area (Å²) in [6.45, 7) is 1.66. The summed E-state index contributed by atoms with van der Waals surface area (Å²) in [4.78, 5) is 14.1. The second-order valence-corrected chi connectivity index (χ2v) is 4.74. The fourth-order valence-corrected chi connectivity index (χ4v) is 2.33. The van der Waals surface area contributed by atoms with Crippen LogP contribution in [0.4, 0.5) is 0 Å². The Hall–Kier alpha value is -2.17. The molecule has 1 amide bonds. The Labute approximate surface area is 111 Å². The normalized spacial score (nSPS) is 15.5. The molecular formula is C14H16N4O. The molecule has 2 aromatic rings. The minimum Gasteiger partial charge on any atom is -0.337 e. The molecule has 1 aliphatic heterocycles. The van der Waals surface area contributed by atoms with Gasteiger partial charge in [0.2, 0.25) is 0 Å². The number of benzene rings is 1. The molecular weight excluding hydrogens is 240 g/mol. The van der Waals surface area contributed by atoms with E-state index in [1.165, 1.54) is 6.42 Å². The minimum absolute atomic E-state index is 0.0121. The monoisotopic (exact) mass is 256 g/mol. The van der Waals surface area contributed by atoms with Crippen molar-refractivity contribution in [3.63, 3.8) is 0 Å². The van der Waals surface area contributed by atoms with Crippen LogP contribution in [0.1, 0.15) is 29.8 Å². The maximum atomic E-state index is 12.3. The van der Waals surface area contributed by atoms with Crippen LogP contribution >= 0.6 is 0 Å². The molecule has 1 fully saturated rings. The van der Waals surface area contributed by atoms with Gasteiger partial charge in [-0.25, -0.2) is 4.68 Å². The Morgan fingerprint density at radius 2 is 1.79 bits per heavy atom. The second kappa shape index (κ2) is 5.22. The lowest BCUT2D eigenvalue weighted by molar-refractivity contribution is 0.0718. The zero-order chi connectivity index (χ0) is 13.1. The van der Waals surface area contributed by atoms with Gasteiger partial charge >= 0.3 is 0 Å². The molecule has 1 saturated heterocycles. The third-order valence-electron chi connectivity index (χ3n) is 3.38. The number of likely N-dealkylation sites (tertiary alicyclic amines) is 1. The standard InChI is InChI=1S/C14H16N4O/c19-14(17-9-5-2-6-10-17)13-11-18(16-15-13)12-7-3-1-4-8-12/h1,3-4,7-8,11H,2,5-6,9-10H2. The molecule has 98 valence electrons. The summed E-state index contributed by atoms with van der Waals surface area (Å²) in [5.41, 5.74) is 1.33. The average molecular weight is 256 g/mol. The molecule has 1 aliphatic rings. The van der Waals surface area contributed by atoms with Gasteiger partial charge in [-0.1, -0.05) is 23.4 Å². The molecule has 1 aromatic heterocycles. The fraction of sp³-hybridized carbons (Fsp3) is 0.357. The van der Waals surface area contributed by atoms with Crippen LogP contribution in [0.2, 0.25) is 0 Å². The maximum Gasteiger partial charge on any atom is 0.276 e. The minimum atomic E-state index is -0.0121. The molecule has 0 bridgehead atoms. The molecule has 2 heterocycles. The van der Waals surface area contributed by atoms with Crippen molar-refractivity contribution in [3.05, 3.63) is 42.2 Å². The largest absolute Gasteiger partial charge is 0.337 e. The van der Waals surface area contributed by atoms with Crippen molar-refractivity contribution in [1.82, 2.24) is 19.9 Å². The Morgan fingerprint density at radius 1 is 1.05 bits per heavy atom. The highest BCUT2D eigenvalue weighted by molar-refractivity contribution is 5.92. The first-order valence-electron chi connectivity index (χ1n) is 6.61. The number of carbonyl (C=O) groups is 1. The van der Waals surface area contributed by atoms with Crippen LogP contribution in [0.15, 0.2) is 36.5 Å². The van der Waals surface area contributed by atoms with Crippen molar-refractivity contribution in [2.45, 2.75) is 19.3 Å². The first-order chi connectivity index (χ1) is 9.34. The lowest BCUT2D eigenvalue weighted by Crippen LogP contribution is -2.35. The molecule has 0 unspecified atom stereocenters. The van der Waals surface area contributed by atoms with E-state index < -0.39 is 0 Å². The molecule has 5 heteroatoms. The van der Waals surface area contributed by atoms with Crippen LogP contribution in [-0.4, -0.2) is 38.9 Å². The lowest BCUT2D eigenvalue weighted by Gasteiger charge is -2.25. The van der Waals surface area contributed by atoms with Gasteiger partial charge in [0.1, 0.15) is 0 Å². The van der Waals surface area contributed by atoms with E-state index in [0.29, 0.717) is 5.69 Å². The summed E-state index contributed by atoms with van der Waals surface area (Å²) in [6.07, 6.45) is 5.07. The van der Waals surface area contributed by atoms with Crippen LogP contribution < -0.4 is 0 Å². The van der Waals surface area contributed by atoms with E-state index in [1.54, 1.807) is 10.9 Å². The smallest absolute Gasteiger partial charge is 0.276 e. The van der Waals surface area contributed by atoms with E-state index in [-0.39, 0.29) is 5.91 Å². The van der Waals surface area contributed by atoms with Gasteiger partial charge in [-0.05, 0) is 31.4 Å². The first-order valence-corrected chi connectivity index (χ1v) is 6.61. The summed E-state index contributed by atoms with van der Waals surface area (Å²) in [7, 11) is 0. The van der Waals surface area contributed by atoms with Crippen LogP contribution in [0.5, 0.6) is 0 Å². The highest BCUT2D eigenvalue weighted by atomic mass is 16.2. The number of hydrogen-bond donors (Lipinski definition) is 0. The molecule has 0 spiro atoms. The van der Waals surface area contributed by atoms with Crippen LogP contribution in [0.25, 0.3) is 5.69 Å². The van der Waals surface area contributed by atoms with E-state index in [0.717, 1.165) is 31.6 Å². The number of piperidine rings is 1. The van der Waals surface area contributed by atoms with Crippen LogP contribution in [0.3, 0.4) is 0 Å². The predicted octanol–water partition coefficient (Wildman–Crippen LogP) is 1.89. The molecule has 3 rings (SSSR count). The number of aromatic nitrogens is 3. The lowest BCUT2D eigenvalue weighted by atomic mass is 10.1. The van der Waals surface area contributed by atoms with E-state index in [9.17, 15) is 4.79 Å². The van der Waals surface area contributed by atoms with Crippen LogP contribution in [0, 0.1) is 0 Å². The molecule has 0 radical (unpaired) electrons. The van der Waals surface area contributed by atoms with E-state index in [1.807, 2.05) is 35.2 Å². The number of carbonyl (C=O) groups excluding carboxylic acids is 1. The van der Waals surface area contributed by atoms with Crippen LogP contribution in [-0.2, 0) is 0 Å². The Morgan fingerprint density at radius 3 is 2.53 bits per heavy atom. The molecule has 0 aliphatic carbocycles. The topological polar surface area (TPSA) is 51.0 Å². The zero-order valence-corrected chi connectivity index (χ0v) is 10.7. The van der Waals surface area contributed by atoms with Crippen molar-refractivity contribution in [1.29, 1.82) is 0 Å². The highest BCUT2D eigenvalue weighted by Gasteiger charge is 2.20. The van der Waals surface area contributed by atoms with Crippen molar-refractivity contribution in [2.24, 2.45) is 0 Å². The van der Waals surface area contributed by atoms with Gasteiger partial charge in [0.25, 0.3) is 5.91 Å². The fourth-order valence-electron chi connectivity index (χ4n) is 2.33. The highest BCUT2D eigenvalue weighted by Crippen LogP contribution is 2.12. The molecule has 19 heavy (non-hydrogen) atoms. The van der Waals surface area contributed by atoms with Gasteiger partial charge in [0, 0.05) is 13.1 Å². The molecule has 0 saturated carbocycles. The number of amides is 1. The summed E-state index contributed by atoms with van der Waals surface area (Å²) in [5, 5.41) is 8.01. The Bertz CT molecular complexity index is 558. The maximum absolute atomic E-state index is 12.3. The summed E-state index contributed by atoms with van der Waals surface area (Å²) in [6, 6.07) is 9.68. The Kier molecular flexibility index (Phi) is 3.27. The average Bonchev–Trinajstić information content (AvgIpc) is 2.98. The number of rotatable bonds is 2. The van der Waals surface area contributed by atoms with Crippen molar-refractivity contribution < 1.29 is 4.79 Å². The second-order valence-electron chi connectivity index (χ2n) is 4.74. The Balaban J connectivity index is 1.79. The first kappa shape index (κ1) is 11.9. The summed E-state index contributed by atoms with van der Waals surface area (Å²) < 4.78 is 1.64. The third-order valence-corrected chi connectivity index (χ3v) is 3.38. The van der Waals surface area contributed by atoms with Gasteiger partial charge in [0.15, 0.2) is 5.69 Å². The number of nitrogens with zero attached hydrogens (tertiary/aromatic N) is 4. The molecule has 0 atom stereocenters. The molecule has 5 nitrogen and oxygen atoms in total. The third kappa shape index (κ3) is 2.50. The van der Waals surface area contributed by atoms with Gasteiger partial charge in [-0.15, -0.1) is 5.10 Å². The number of para-hydroxylation sites is 1. The quantitative estimate of drug-likeness (QED) is 0.824. The molecule has 0 N–H and O–H groups in total. The van der Waals surface area contributed by atoms with Crippen molar-refractivity contribution in [3.8, 4) is 5.69 Å². The predicted molar refractivity (Wildman–Crippen MR) is 71.1 cm³/mol. The van der Waals surface area contributed by atoms with Gasteiger partial charge < -0.3 is 4.90 Å². The van der Waals surface area contributed by atoms with E-state index >= 15 is 0 Å². The zero-order valence-electron chi connectivity index (χ0n) is 10.7. The van der Waals surface area contributed by atoms with Gasteiger partial charge in [-0.3, -0.25) is 4.79 Å². The van der Waals surface area contributed by atoms with Gasteiger partial charge in [-0.2, -0.15) is 0 Å². The molecule has 1 aromatic carbocycles. The van der Waals surface area contributed by atoms with Crippen molar-refractivity contribution in [2.75, 3.05) is 13.1 Å². The SMILES string of the molecule is O=C(c1cn(-c2ccccc2)nn1)N1CCCCC1. The van der Waals surface area contributed by atoms with E-state index in [4.69, 9.17) is 0 Å². The van der Waals surface area contributed by atoms with Gasteiger partial charge in [0.05, 0.1) is 11.9 Å².